The predicted molar refractivity (Wildman–Crippen MR) is 106 cm³/mol. The molecular formula is C21H29NO7. The number of amides is 1. The highest BCUT2D eigenvalue weighted by atomic mass is 16.6. The number of nitrogens with one attached hydrogen (secondary N) is 1. The van der Waals surface area contributed by atoms with Gasteiger partial charge in [-0.25, -0.2) is 14.4 Å². The lowest BCUT2D eigenvalue weighted by atomic mass is 10.1. The van der Waals surface area contributed by atoms with Gasteiger partial charge in [0.05, 0.1) is 6.61 Å². The van der Waals surface area contributed by atoms with Crippen LogP contribution in [0.2, 0.25) is 0 Å². The van der Waals surface area contributed by atoms with Crippen LogP contribution in [0.1, 0.15) is 45.6 Å². The molecule has 8 nitrogen and oxygen atoms in total. The quantitative estimate of drug-likeness (QED) is 0.380. The van der Waals surface area contributed by atoms with Crippen LogP contribution in [-0.4, -0.2) is 46.5 Å². The molecule has 0 bridgehead atoms. The van der Waals surface area contributed by atoms with Gasteiger partial charge in [0, 0.05) is 12.2 Å². The molecule has 1 atom stereocenters. The molecule has 8 heteroatoms. The lowest BCUT2D eigenvalue weighted by Crippen LogP contribution is -2.43. The van der Waals surface area contributed by atoms with Crippen molar-refractivity contribution in [3.05, 3.63) is 47.5 Å². The normalized spacial score (nSPS) is 12.9. The number of carboxylic acids is 2. The molecule has 29 heavy (non-hydrogen) atoms. The second-order valence-corrected chi connectivity index (χ2v) is 7.45. The number of carboxylic acid groups (broad SMARTS) is 2. The van der Waals surface area contributed by atoms with Gasteiger partial charge in [-0.1, -0.05) is 36.4 Å². The second kappa shape index (κ2) is 11.9. The first-order valence-electron chi connectivity index (χ1n) is 9.35. The van der Waals surface area contributed by atoms with E-state index in [-0.39, 0.29) is 18.4 Å². The maximum absolute atomic E-state index is 11.8. The molecule has 0 spiro atoms. The standard InChI is InChI=1S/C21H29NO7/c1-21(2,3)29-20(27)22-17(19(25)26)12-11-16(18(23)24)10-7-13-28-14-15-8-5-4-6-9-15/h4-6,8-9,11,17H,7,10,12-14H2,1-3H3,(H,22,27)(H,23,24)(H,25,26)/t17-/m0/s1. The fourth-order valence-electron chi connectivity index (χ4n) is 2.36. The molecule has 0 aromatic heterocycles. The summed E-state index contributed by atoms with van der Waals surface area (Å²) in [7, 11) is 0. The van der Waals surface area contributed by atoms with Gasteiger partial charge in [0.1, 0.15) is 11.6 Å². The topological polar surface area (TPSA) is 122 Å². The Bertz CT molecular complexity index is 707. The smallest absolute Gasteiger partial charge is 0.408 e. The van der Waals surface area contributed by atoms with Gasteiger partial charge < -0.3 is 25.0 Å². The van der Waals surface area contributed by atoms with Gasteiger partial charge in [-0.15, -0.1) is 0 Å². The summed E-state index contributed by atoms with van der Waals surface area (Å²) < 4.78 is 10.6. The summed E-state index contributed by atoms with van der Waals surface area (Å²) in [6.07, 6.45) is 0.978. The SMILES string of the molecule is CC(C)(C)OC(=O)N[C@@H](CC=C(CCCOCc1ccccc1)C(=O)O)C(=O)O. The van der Waals surface area contributed by atoms with Gasteiger partial charge in [-0.3, -0.25) is 0 Å². The molecule has 1 aromatic carbocycles. The fraction of sp³-hybridized carbons (Fsp3) is 0.476. The Labute approximate surface area is 170 Å². The average Bonchev–Trinajstić information content (AvgIpc) is 2.61. The number of alkyl carbamates (subject to hydrolysis) is 1. The van der Waals surface area contributed by atoms with Crippen molar-refractivity contribution in [1.29, 1.82) is 0 Å². The van der Waals surface area contributed by atoms with Crippen molar-refractivity contribution in [3.63, 3.8) is 0 Å². The van der Waals surface area contributed by atoms with E-state index in [1.54, 1.807) is 20.8 Å². The predicted octanol–water partition coefficient (Wildman–Crippen LogP) is 3.36. The fourth-order valence-corrected chi connectivity index (χ4v) is 2.36. The lowest BCUT2D eigenvalue weighted by Gasteiger charge is -2.21. The largest absolute Gasteiger partial charge is 0.480 e. The third kappa shape index (κ3) is 10.9. The second-order valence-electron chi connectivity index (χ2n) is 7.45. The van der Waals surface area contributed by atoms with E-state index in [9.17, 15) is 24.6 Å². The highest BCUT2D eigenvalue weighted by Gasteiger charge is 2.23. The number of aliphatic carboxylic acids is 2. The van der Waals surface area contributed by atoms with Crippen molar-refractivity contribution < 1.29 is 34.1 Å². The Hall–Kier alpha value is -2.87. The van der Waals surface area contributed by atoms with Crippen molar-refractivity contribution in [2.45, 2.75) is 58.3 Å². The zero-order chi connectivity index (χ0) is 21.9. The Kier molecular flexibility index (Phi) is 9.88. The minimum Gasteiger partial charge on any atom is -0.480 e. The number of hydrogen-bond donors (Lipinski definition) is 3. The van der Waals surface area contributed by atoms with E-state index in [1.165, 1.54) is 6.08 Å². The third-order valence-electron chi connectivity index (χ3n) is 3.71. The molecule has 0 heterocycles. The molecular weight excluding hydrogens is 378 g/mol. The van der Waals surface area contributed by atoms with Crippen molar-refractivity contribution in [2.24, 2.45) is 0 Å². The van der Waals surface area contributed by atoms with E-state index in [4.69, 9.17) is 9.47 Å². The van der Waals surface area contributed by atoms with Gasteiger partial charge in [0.2, 0.25) is 0 Å². The van der Waals surface area contributed by atoms with Gasteiger partial charge in [0.25, 0.3) is 0 Å². The number of hydrogen-bond acceptors (Lipinski definition) is 5. The molecule has 0 radical (unpaired) electrons. The molecule has 1 rings (SSSR count). The van der Waals surface area contributed by atoms with Gasteiger partial charge >= 0.3 is 18.0 Å². The average molecular weight is 407 g/mol. The zero-order valence-corrected chi connectivity index (χ0v) is 17.0. The van der Waals surface area contributed by atoms with Crippen LogP contribution in [-0.2, 0) is 25.7 Å². The number of ether oxygens (including phenoxy) is 2. The number of carbonyl (C=O) groups excluding carboxylic acids is 1. The Morgan fingerprint density at radius 1 is 1.14 bits per heavy atom. The van der Waals surface area contributed by atoms with Crippen LogP contribution in [0.25, 0.3) is 0 Å². The van der Waals surface area contributed by atoms with Crippen LogP contribution in [0.3, 0.4) is 0 Å². The monoisotopic (exact) mass is 407 g/mol. The molecule has 160 valence electrons. The van der Waals surface area contributed by atoms with E-state index in [0.717, 1.165) is 5.56 Å². The molecule has 0 aliphatic carbocycles. The molecule has 0 aliphatic rings. The van der Waals surface area contributed by atoms with Gasteiger partial charge in [-0.2, -0.15) is 0 Å². The number of carbonyl (C=O) groups is 3. The van der Waals surface area contributed by atoms with E-state index in [0.29, 0.717) is 19.6 Å². The molecule has 0 saturated heterocycles. The first-order chi connectivity index (χ1) is 13.6. The van der Waals surface area contributed by atoms with E-state index < -0.39 is 29.7 Å². The lowest BCUT2D eigenvalue weighted by molar-refractivity contribution is -0.139. The summed E-state index contributed by atoms with van der Waals surface area (Å²) in [6.45, 7) is 5.78. The number of rotatable bonds is 11. The third-order valence-corrected chi connectivity index (χ3v) is 3.71. The van der Waals surface area contributed by atoms with E-state index in [2.05, 4.69) is 5.32 Å². The zero-order valence-electron chi connectivity index (χ0n) is 17.0. The molecule has 0 unspecified atom stereocenters. The summed E-state index contributed by atoms with van der Waals surface area (Å²) in [4.78, 5) is 34.5. The summed E-state index contributed by atoms with van der Waals surface area (Å²) in [6, 6.07) is 8.32. The van der Waals surface area contributed by atoms with E-state index >= 15 is 0 Å². The van der Waals surface area contributed by atoms with E-state index in [1.807, 2.05) is 30.3 Å². The van der Waals surface area contributed by atoms with Crippen molar-refractivity contribution in [1.82, 2.24) is 5.32 Å². The van der Waals surface area contributed by atoms with Crippen LogP contribution in [0, 0.1) is 0 Å². The molecule has 1 aromatic rings. The maximum Gasteiger partial charge on any atom is 0.408 e. The minimum absolute atomic E-state index is 0.0746. The highest BCUT2D eigenvalue weighted by molar-refractivity contribution is 5.87. The molecule has 0 fully saturated rings. The van der Waals surface area contributed by atoms with Gasteiger partial charge in [-0.05, 0) is 45.6 Å². The van der Waals surface area contributed by atoms with Crippen LogP contribution in [0.5, 0.6) is 0 Å². The first kappa shape index (κ1) is 24.2. The van der Waals surface area contributed by atoms with Crippen LogP contribution >= 0.6 is 0 Å². The molecule has 0 saturated carbocycles. The van der Waals surface area contributed by atoms with Crippen molar-refractivity contribution >= 4 is 18.0 Å². The summed E-state index contributed by atoms with van der Waals surface area (Å²) in [5.74, 6) is -2.41. The summed E-state index contributed by atoms with van der Waals surface area (Å²) in [5, 5.41) is 20.8. The Morgan fingerprint density at radius 2 is 1.79 bits per heavy atom. The number of benzene rings is 1. The van der Waals surface area contributed by atoms with Crippen LogP contribution in [0.15, 0.2) is 42.0 Å². The molecule has 3 N–H and O–H groups in total. The Balaban J connectivity index is 2.51. The summed E-state index contributed by atoms with van der Waals surface area (Å²) >= 11 is 0. The minimum atomic E-state index is -1.28. The summed E-state index contributed by atoms with van der Waals surface area (Å²) in [5.41, 5.74) is 0.333. The van der Waals surface area contributed by atoms with Crippen molar-refractivity contribution in [3.8, 4) is 0 Å². The van der Waals surface area contributed by atoms with Crippen molar-refractivity contribution in [2.75, 3.05) is 6.61 Å². The maximum atomic E-state index is 11.8. The molecule has 0 aliphatic heterocycles. The molecule has 1 amide bonds. The van der Waals surface area contributed by atoms with Gasteiger partial charge in [0.15, 0.2) is 0 Å². The highest BCUT2D eigenvalue weighted by Crippen LogP contribution is 2.11. The Morgan fingerprint density at radius 3 is 2.34 bits per heavy atom. The van der Waals surface area contributed by atoms with Crippen LogP contribution in [0.4, 0.5) is 4.79 Å². The van der Waals surface area contributed by atoms with Crippen LogP contribution < -0.4 is 5.32 Å². The first-order valence-corrected chi connectivity index (χ1v) is 9.35.